The van der Waals surface area contributed by atoms with E-state index in [1.54, 1.807) is 5.57 Å². The van der Waals surface area contributed by atoms with Crippen LogP contribution in [0.4, 0.5) is 0 Å². The average molecular weight is 345 g/mol. The van der Waals surface area contributed by atoms with E-state index in [4.69, 9.17) is 4.74 Å². The minimum atomic E-state index is -2.15. The Morgan fingerprint density at radius 1 is 1.33 bits per heavy atom. The molecule has 0 bridgehead atoms. The first-order chi connectivity index (χ1) is 9.73. The van der Waals surface area contributed by atoms with Crippen molar-refractivity contribution < 1.29 is 9.53 Å². The highest BCUT2D eigenvalue weighted by Gasteiger charge is 2.50. The maximum atomic E-state index is 10.7. The molecule has 1 saturated heterocycles. The van der Waals surface area contributed by atoms with Crippen LogP contribution in [0.1, 0.15) is 33.1 Å². The molecule has 1 saturated carbocycles. The van der Waals surface area contributed by atoms with Gasteiger partial charge in [0.1, 0.15) is 0 Å². The molecule has 0 aromatic carbocycles. The van der Waals surface area contributed by atoms with E-state index in [-0.39, 0.29) is 5.04 Å². The summed E-state index contributed by atoms with van der Waals surface area (Å²) < 4.78 is 6.39. The Morgan fingerprint density at radius 3 is 2.62 bits per heavy atom. The predicted octanol–water partition coefficient (Wildman–Crippen LogP) is 4.27. The van der Waals surface area contributed by atoms with E-state index < -0.39 is 8.32 Å². The number of thioether (sulfide) groups is 2. The summed E-state index contributed by atoms with van der Waals surface area (Å²) in [7, 11) is -2.15. The van der Waals surface area contributed by atoms with Crippen LogP contribution < -0.4 is 0 Å². The standard InChI is InChI=1S/C16H28O2S2Si/c1-15(2,21(3,4)17)9-12-10-16(19-7-8-20-16)11-14-13(12)5-6-18-14/h5,12,14,17H,6-11H2,1-4H3/t12-,14-/m1/s1. The molecule has 0 aromatic rings. The van der Waals surface area contributed by atoms with Crippen molar-refractivity contribution in [2.75, 3.05) is 18.1 Å². The van der Waals surface area contributed by atoms with Crippen molar-refractivity contribution in [1.82, 2.24) is 0 Å². The van der Waals surface area contributed by atoms with Crippen molar-refractivity contribution >= 4 is 31.8 Å². The molecule has 120 valence electrons. The summed E-state index contributed by atoms with van der Waals surface area (Å²) in [6.45, 7) is 9.49. The number of fused-ring (bicyclic) bond motifs is 1. The van der Waals surface area contributed by atoms with Crippen LogP contribution in [0.25, 0.3) is 0 Å². The molecule has 3 rings (SSSR count). The van der Waals surface area contributed by atoms with Crippen molar-refractivity contribution in [3.05, 3.63) is 11.6 Å². The van der Waals surface area contributed by atoms with E-state index in [1.165, 1.54) is 24.3 Å². The van der Waals surface area contributed by atoms with E-state index in [9.17, 15) is 4.80 Å². The Balaban J connectivity index is 1.81. The van der Waals surface area contributed by atoms with Crippen molar-refractivity contribution in [3.8, 4) is 0 Å². The number of hydrogen-bond acceptors (Lipinski definition) is 4. The summed E-state index contributed by atoms with van der Waals surface area (Å²) in [5.74, 6) is 3.16. The second-order valence-corrected chi connectivity index (χ2v) is 15.6. The van der Waals surface area contributed by atoms with E-state index in [0.717, 1.165) is 13.0 Å². The predicted molar refractivity (Wildman–Crippen MR) is 96.6 cm³/mol. The lowest BCUT2D eigenvalue weighted by atomic mass is 9.77. The minimum Gasteiger partial charge on any atom is -0.432 e. The summed E-state index contributed by atoms with van der Waals surface area (Å²) in [5.41, 5.74) is 1.54. The fourth-order valence-electron chi connectivity index (χ4n) is 3.74. The molecule has 3 aliphatic rings. The molecule has 0 radical (unpaired) electrons. The first-order valence-electron chi connectivity index (χ1n) is 8.04. The highest BCUT2D eigenvalue weighted by molar-refractivity contribution is 8.21. The molecule has 2 heterocycles. The van der Waals surface area contributed by atoms with E-state index >= 15 is 0 Å². The normalized spacial score (nSPS) is 32.3. The van der Waals surface area contributed by atoms with Gasteiger partial charge in [-0.05, 0) is 42.5 Å². The van der Waals surface area contributed by atoms with E-state index in [0.29, 0.717) is 16.1 Å². The smallest absolute Gasteiger partial charge is 0.188 e. The van der Waals surface area contributed by atoms with Crippen LogP contribution in [0.15, 0.2) is 11.6 Å². The van der Waals surface area contributed by atoms with Gasteiger partial charge in [-0.3, -0.25) is 0 Å². The summed E-state index contributed by atoms with van der Waals surface area (Å²) in [5, 5.41) is 0.0537. The fourth-order valence-corrected chi connectivity index (χ4v) is 7.91. The van der Waals surface area contributed by atoms with Gasteiger partial charge in [-0.25, -0.2) is 0 Å². The zero-order valence-electron chi connectivity index (χ0n) is 13.6. The zero-order valence-corrected chi connectivity index (χ0v) is 16.3. The third kappa shape index (κ3) is 3.14. The van der Waals surface area contributed by atoms with Crippen molar-refractivity contribution in [2.45, 2.75) is 61.4 Å². The van der Waals surface area contributed by atoms with Crippen LogP contribution in [-0.2, 0) is 4.74 Å². The van der Waals surface area contributed by atoms with Gasteiger partial charge in [0, 0.05) is 17.9 Å². The third-order valence-corrected chi connectivity index (χ3v) is 12.8. The van der Waals surface area contributed by atoms with Gasteiger partial charge in [0.15, 0.2) is 8.32 Å². The van der Waals surface area contributed by atoms with Crippen LogP contribution in [-0.4, -0.2) is 41.4 Å². The Bertz CT molecular complexity index is 436. The highest BCUT2D eigenvalue weighted by Crippen LogP contribution is 2.59. The van der Waals surface area contributed by atoms with Gasteiger partial charge in [0.25, 0.3) is 0 Å². The molecule has 21 heavy (non-hydrogen) atoms. The molecule has 5 heteroatoms. The number of hydrogen-bond donors (Lipinski definition) is 1. The molecule has 2 nitrogen and oxygen atoms in total. The maximum absolute atomic E-state index is 10.7. The summed E-state index contributed by atoms with van der Waals surface area (Å²) in [6.07, 6.45) is 6.24. The summed E-state index contributed by atoms with van der Waals surface area (Å²) in [6, 6.07) is 0. The lowest BCUT2D eigenvalue weighted by Gasteiger charge is -2.45. The van der Waals surface area contributed by atoms with Gasteiger partial charge in [-0.2, -0.15) is 0 Å². The van der Waals surface area contributed by atoms with E-state index in [1.807, 2.05) is 0 Å². The molecule has 2 fully saturated rings. The Hall–Kier alpha value is 0.577. The Morgan fingerprint density at radius 2 is 2.00 bits per heavy atom. The summed E-state index contributed by atoms with van der Waals surface area (Å²) >= 11 is 4.31. The van der Waals surface area contributed by atoms with Crippen LogP contribution in [0, 0.1) is 5.92 Å². The largest absolute Gasteiger partial charge is 0.432 e. The first kappa shape index (κ1) is 16.4. The molecular weight excluding hydrogens is 316 g/mol. The summed E-state index contributed by atoms with van der Waals surface area (Å²) in [4.78, 5) is 10.7. The van der Waals surface area contributed by atoms with Gasteiger partial charge in [0.2, 0.25) is 0 Å². The molecule has 1 spiro atoms. The van der Waals surface area contributed by atoms with Gasteiger partial charge < -0.3 is 9.53 Å². The molecule has 0 unspecified atom stereocenters. The van der Waals surface area contributed by atoms with Crippen molar-refractivity contribution in [1.29, 1.82) is 0 Å². The highest BCUT2D eigenvalue weighted by atomic mass is 32.2. The van der Waals surface area contributed by atoms with E-state index in [2.05, 4.69) is 56.5 Å². The van der Waals surface area contributed by atoms with Crippen molar-refractivity contribution in [2.24, 2.45) is 5.92 Å². The Labute approximate surface area is 138 Å². The van der Waals surface area contributed by atoms with Gasteiger partial charge in [-0.1, -0.05) is 19.9 Å². The molecule has 0 aromatic heterocycles. The molecule has 2 aliphatic heterocycles. The van der Waals surface area contributed by atoms with Crippen LogP contribution in [0.2, 0.25) is 18.1 Å². The third-order valence-electron chi connectivity index (χ3n) is 5.74. The molecule has 1 N–H and O–H groups in total. The van der Waals surface area contributed by atoms with Gasteiger partial charge in [-0.15, -0.1) is 23.5 Å². The first-order valence-corrected chi connectivity index (χ1v) is 13.0. The fraction of sp³-hybridized carbons (Fsp3) is 0.875. The topological polar surface area (TPSA) is 29.5 Å². The molecule has 2 atom stereocenters. The Kier molecular flexibility index (Phi) is 4.37. The molecule has 1 aliphatic carbocycles. The molecular formula is C16H28O2S2Si. The lowest BCUT2D eigenvalue weighted by Crippen LogP contribution is -2.43. The van der Waals surface area contributed by atoms with Gasteiger partial charge >= 0.3 is 0 Å². The monoisotopic (exact) mass is 344 g/mol. The maximum Gasteiger partial charge on any atom is 0.188 e. The second kappa shape index (κ2) is 5.59. The second-order valence-electron chi connectivity index (χ2n) is 7.89. The van der Waals surface area contributed by atoms with Crippen molar-refractivity contribution in [3.63, 3.8) is 0 Å². The molecule has 0 amide bonds. The van der Waals surface area contributed by atoms with Crippen LogP contribution in [0.5, 0.6) is 0 Å². The quantitative estimate of drug-likeness (QED) is 0.612. The number of rotatable bonds is 3. The lowest BCUT2D eigenvalue weighted by molar-refractivity contribution is 0.0908. The minimum absolute atomic E-state index is 0.0537. The number of ether oxygens (including phenoxy) is 1. The average Bonchev–Trinajstić information content (AvgIpc) is 2.97. The van der Waals surface area contributed by atoms with Crippen LogP contribution >= 0.6 is 23.5 Å². The van der Waals surface area contributed by atoms with Gasteiger partial charge in [0.05, 0.1) is 16.8 Å². The zero-order chi connectivity index (χ0) is 15.3. The van der Waals surface area contributed by atoms with Crippen LogP contribution in [0.3, 0.4) is 0 Å². The SMILES string of the molecule is CC(C)(C[C@@H]1CC2(C[C@H]3OCC=C13)SCCS2)[Si](C)(C)O.